The van der Waals surface area contributed by atoms with Gasteiger partial charge in [-0.3, -0.25) is 4.79 Å². The molecule has 0 amide bonds. The third-order valence-electron chi connectivity index (χ3n) is 4.70. The zero-order chi connectivity index (χ0) is 19.4. The van der Waals surface area contributed by atoms with E-state index in [1.54, 1.807) is 18.2 Å². The van der Waals surface area contributed by atoms with Crippen LogP contribution in [0.3, 0.4) is 0 Å². The van der Waals surface area contributed by atoms with Crippen molar-refractivity contribution in [3.8, 4) is 0 Å². The van der Waals surface area contributed by atoms with Gasteiger partial charge in [-0.25, -0.2) is 16.8 Å². The second-order valence-corrected chi connectivity index (χ2v) is 10.2. The molecule has 138 valence electrons. The fourth-order valence-corrected chi connectivity index (χ4v) is 6.78. The lowest BCUT2D eigenvalue weighted by Crippen LogP contribution is -2.18. The summed E-state index contributed by atoms with van der Waals surface area (Å²) in [4.78, 5) is 11.9. The second kappa shape index (κ2) is 5.98. The van der Waals surface area contributed by atoms with E-state index >= 15 is 0 Å². The molecule has 0 spiro atoms. The number of ketones is 1. The Balaban J connectivity index is 1.71. The number of carbonyl (C=O) groups is 1. The van der Waals surface area contributed by atoms with Gasteiger partial charge in [0.25, 0.3) is 0 Å². The third kappa shape index (κ3) is 2.52. The fraction of sp³-hybridized carbons (Fsp3) is 0.105. The molecule has 0 saturated carbocycles. The van der Waals surface area contributed by atoms with Gasteiger partial charge in [0.05, 0.1) is 9.79 Å². The van der Waals surface area contributed by atoms with E-state index in [4.69, 9.17) is 0 Å². The Morgan fingerprint density at radius 3 is 2.19 bits per heavy atom. The van der Waals surface area contributed by atoms with Crippen molar-refractivity contribution in [3.63, 3.8) is 0 Å². The monoisotopic (exact) mass is 402 g/mol. The van der Waals surface area contributed by atoms with E-state index in [-0.39, 0.29) is 15.4 Å². The van der Waals surface area contributed by atoms with E-state index in [2.05, 4.69) is 0 Å². The quantitative estimate of drug-likeness (QED) is 0.770. The van der Waals surface area contributed by atoms with Crippen LogP contribution in [0.1, 0.15) is 22.0 Å². The summed E-state index contributed by atoms with van der Waals surface area (Å²) in [6, 6.07) is 12.0. The zero-order valence-corrected chi connectivity index (χ0v) is 15.4. The van der Waals surface area contributed by atoms with Gasteiger partial charge in [0.1, 0.15) is 16.3 Å². The van der Waals surface area contributed by atoms with Crippen LogP contribution in [0.4, 0.5) is 0 Å². The van der Waals surface area contributed by atoms with Crippen LogP contribution in [0.15, 0.2) is 81.5 Å². The Morgan fingerprint density at radius 2 is 1.52 bits per heavy atom. The van der Waals surface area contributed by atoms with Gasteiger partial charge in [-0.15, -0.1) is 0 Å². The molecular formula is C19H14O6S2. The van der Waals surface area contributed by atoms with Crippen LogP contribution in [0.25, 0.3) is 0 Å². The van der Waals surface area contributed by atoms with Crippen LogP contribution in [-0.2, 0) is 19.7 Å². The molecule has 2 aromatic rings. The number of Topliss-reactive ketones (excluding diaryl/α,β-unsaturated/α-hetero) is 1. The third-order valence-corrected chi connectivity index (χ3v) is 8.65. The molecule has 1 N–H and O–H groups in total. The molecule has 27 heavy (non-hydrogen) atoms. The molecule has 2 unspecified atom stereocenters. The summed E-state index contributed by atoms with van der Waals surface area (Å²) < 4.78 is 50.2. The number of benzene rings is 2. The minimum Gasteiger partial charge on any atom is -0.387 e. The van der Waals surface area contributed by atoms with Crippen molar-refractivity contribution in [1.29, 1.82) is 0 Å². The first kappa shape index (κ1) is 17.8. The number of hydrogen-bond acceptors (Lipinski definition) is 6. The van der Waals surface area contributed by atoms with Gasteiger partial charge in [-0.2, -0.15) is 0 Å². The first-order valence-electron chi connectivity index (χ1n) is 8.04. The van der Waals surface area contributed by atoms with E-state index in [0.717, 1.165) is 6.08 Å². The predicted molar refractivity (Wildman–Crippen MR) is 97.6 cm³/mol. The van der Waals surface area contributed by atoms with Gasteiger partial charge < -0.3 is 5.11 Å². The van der Waals surface area contributed by atoms with Crippen molar-refractivity contribution in [2.45, 2.75) is 21.1 Å². The lowest BCUT2D eigenvalue weighted by molar-refractivity contribution is 0.104. The first-order chi connectivity index (χ1) is 12.8. The Bertz CT molecular complexity index is 1240. The molecule has 0 saturated heterocycles. The fourth-order valence-electron chi connectivity index (χ4n) is 3.37. The summed E-state index contributed by atoms with van der Waals surface area (Å²) in [5.41, 5.74) is 0.398. The lowest BCUT2D eigenvalue weighted by atomic mass is 10.1. The molecule has 2 aromatic carbocycles. The van der Waals surface area contributed by atoms with Crippen LogP contribution in [-0.4, -0.2) is 33.0 Å². The van der Waals surface area contributed by atoms with Crippen LogP contribution >= 0.6 is 0 Å². The topological polar surface area (TPSA) is 106 Å². The normalized spacial score (nSPS) is 26.4. The largest absolute Gasteiger partial charge is 0.387 e. The van der Waals surface area contributed by atoms with Gasteiger partial charge >= 0.3 is 0 Å². The molecule has 0 fully saturated rings. The van der Waals surface area contributed by atoms with Crippen molar-refractivity contribution in [2.75, 3.05) is 0 Å². The molecule has 0 aliphatic carbocycles. The number of allylic oxidation sites excluding steroid dienone is 3. The number of aliphatic hydroxyl groups excluding tert-OH is 1. The molecule has 8 heteroatoms. The number of sulfone groups is 2. The molecule has 2 aliphatic rings. The second-order valence-electron chi connectivity index (χ2n) is 6.24. The van der Waals surface area contributed by atoms with Crippen LogP contribution < -0.4 is 0 Å². The SMILES string of the molecule is O=C1/C(=C/C=C/C2C(O)c3ccccc3S2(=O)=O)S(=O)(=O)c2ccccc21. The summed E-state index contributed by atoms with van der Waals surface area (Å²) in [5.74, 6) is -0.631. The highest BCUT2D eigenvalue weighted by Crippen LogP contribution is 2.39. The van der Waals surface area contributed by atoms with Crippen molar-refractivity contribution < 1.29 is 26.7 Å². The molecule has 6 nitrogen and oxygen atoms in total. The predicted octanol–water partition coefficient (Wildman–Crippen LogP) is 1.99. The molecule has 2 atom stereocenters. The van der Waals surface area contributed by atoms with Crippen LogP contribution in [0, 0.1) is 0 Å². The van der Waals surface area contributed by atoms with Gasteiger partial charge in [0.2, 0.25) is 15.6 Å². The number of rotatable bonds is 2. The smallest absolute Gasteiger partial charge is 0.211 e. The minimum absolute atomic E-state index is 0.0526. The summed E-state index contributed by atoms with van der Waals surface area (Å²) in [7, 11) is -7.73. The van der Waals surface area contributed by atoms with Gasteiger partial charge in [-0.1, -0.05) is 42.5 Å². The maximum atomic E-state index is 12.6. The molecule has 0 aromatic heterocycles. The molecule has 0 radical (unpaired) electrons. The lowest BCUT2D eigenvalue weighted by Gasteiger charge is -2.08. The van der Waals surface area contributed by atoms with Crippen molar-refractivity contribution >= 4 is 25.5 Å². The van der Waals surface area contributed by atoms with E-state index in [9.17, 15) is 26.7 Å². The first-order valence-corrected chi connectivity index (χ1v) is 11.1. The van der Waals surface area contributed by atoms with Crippen molar-refractivity contribution in [2.24, 2.45) is 0 Å². The average Bonchev–Trinajstić information content (AvgIpc) is 2.96. The highest BCUT2D eigenvalue weighted by molar-refractivity contribution is 7.97. The maximum absolute atomic E-state index is 12.6. The van der Waals surface area contributed by atoms with Crippen molar-refractivity contribution in [3.05, 3.63) is 82.8 Å². The number of aliphatic hydroxyl groups is 1. The zero-order valence-electron chi connectivity index (χ0n) is 13.8. The summed E-state index contributed by atoms with van der Waals surface area (Å²) in [5, 5.41) is 9.09. The summed E-state index contributed by atoms with van der Waals surface area (Å²) in [6.45, 7) is 0. The Morgan fingerprint density at radius 1 is 0.889 bits per heavy atom. The highest BCUT2D eigenvalue weighted by Gasteiger charge is 2.42. The minimum atomic E-state index is -3.94. The van der Waals surface area contributed by atoms with E-state index in [1.165, 1.54) is 42.5 Å². The molecular weight excluding hydrogens is 388 g/mol. The Hall–Kier alpha value is -2.55. The molecule has 4 rings (SSSR count). The Labute approximate surface area is 156 Å². The molecule has 2 aliphatic heterocycles. The van der Waals surface area contributed by atoms with E-state index in [1.807, 2.05) is 0 Å². The van der Waals surface area contributed by atoms with Gasteiger partial charge in [0.15, 0.2) is 9.84 Å². The molecule has 2 heterocycles. The number of hydrogen-bond donors (Lipinski definition) is 1. The van der Waals surface area contributed by atoms with Crippen LogP contribution in [0.2, 0.25) is 0 Å². The average molecular weight is 402 g/mol. The summed E-state index contributed by atoms with van der Waals surface area (Å²) in [6.07, 6.45) is 2.24. The standard InChI is InChI=1S/C19H14O6S2/c20-18-12-6-1-3-8-14(12)26(22,23)16(18)10-5-11-17-19(21)13-7-2-4-9-15(13)27(17,24)25/h1-11,16,18,20H/b10-5+,17-11-. The van der Waals surface area contributed by atoms with Crippen LogP contribution in [0.5, 0.6) is 0 Å². The number of fused-ring (bicyclic) bond motifs is 2. The van der Waals surface area contributed by atoms with E-state index in [0.29, 0.717) is 5.56 Å². The van der Waals surface area contributed by atoms with Gasteiger partial charge in [0, 0.05) is 11.1 Å². The number of carbonyl (C=O) groups excluding carboxylic acids is 1. The maximum Gasteiger partial charge on any atom is 0.211 e. The Kier molecular flexibility index (Phi) is 3.95. The summed E-state index contributed by atoms with van der Waals surface area (Å²) >= 11 is 0. The van der Waals surface area contributed by atoms with Crippen molar-refractivity contribution in [1.82, 2.24) is 0 Å². The van der Waals surface area contributed by atoms with E-state index < -0.39 is 41.7 Å². The molecule has 0 bridgehead atoms. The highest BCUT2D eigenvalue weighted by atomic mass is 32.2. The van der Waals surface area contributed by atoms with Gasteiger partial charge in [-0.05, 0) is 24.3 Å².